The number of rotatable bonds is 5. The van der Waals surface area contributed by atoms with Gasteiger partial charge in [0.25, 0.3) is 0 Å². The maximum atomic E-state index is 6.64. The first-order valence-electron chi connectivity index (χ1n) is 11.2. The van der Waals surface area contributed by atoms with E-state index in [1.54, 1.807) is 0 Å². The molecular weight excluding hydrogens is 425 g/mol. The first-order chi connectivity index (χ1) is 15.1. The summed E-state index contributed by atoms with van der Waals surface area (Å²) in [6, 6.07) is 12.8. The topological polar surface area (TPSA) is 36.1 Å². The Bertz CT molecular complexity index is 947. The molecule has 1 aliphatic heterocycles. The lowest BCUT2D eigenvalue weighted by Crippen LogP contribution is -2.36. The number of fused-ring (bicyclic) bond motifs is 7. The number of hydrazine groups is 1. The zero-order valence-corrected chi connectivity index (χ0v) is 19.6. The molecule has 0 saturated heterocycles. The van der Waals surface area contributed by atoms with Crippen molar-refractivity contribution < 1.29 is 0 Å². The fourth-order valence-corrected chi connectivity index (χ4v) is 6.58. The molecule has 3 N–H and O–H groups in total. The largest absolute Gasteiger partial charge is 0.378 e. The van der Waals surface area contributed by atoms with Crippen LogP contribution in [0.4, 0.5) is 11.4 Å². The molecule has 5 atom stereocenters. The van der Waals surface area contributed by atoms with Crippen LogP contribution in [0.5, 0.6) is 0 Å². The highest BCUT2D eigenvalue weighted by molar-refractivity contribution is 6.36. The van der Waals surface area contributed by atoms with E-state index in [1.807, 2.05) is 18.2 Å². The van der Waals surface area contributed by atoms with E-state index in [1.165, 1.54) is 30.5 Å². The predicted molar refractivity (Wildman–Crippen MR) is 133 cm³/mol. The van der Waals surface area contributed by atoms with E-state index in [-0.39, 0.29) is 6.04 Å². The second kappa shape index (κ2) is 9.71. The van der Waals surface area contributed by atoms with Crippen molar-refractivity contribution in [2.24, 2.45) is 17.8 Å². The Morgan fingerprint density at radius 2 is 1.81 bits per heavy atom. The molecule has 2 bridgehead atoms. The summed E-state index contributed by atoms with van der Waals surface area (Å²) in [5.74, 6) is 2.67. The summed E-state index contributed by atoms with van der Waals surface area (Å²) in [5.41, 5.74) is 13.8. The maximum absolute atomic E-state index is 6.64. The maximum Gasteiger partial charge on any atom is 0.0580 e. The van der Waals surface area contributed by atoms with Crippen LogP contribution in [0.3, 0.4) is 0 Å². The van der Waals surface area contributed by atoms with Gasteiger partial charge >= 0.3 is 0 Å². The third-order valence-electron chi connectivity index (χ3n) is 7.01. The number of hydrogen-bond donors (Lipinski definition) is 3. The lowest BCUT2D eigenvalue weighted by Gasteiger charge is -2.44. The van der Waals surface area contributed by atoms with Crippen molar-refractivity contribution in [2.75, 3.05) is 17.3 Å². The molecule has 1 heterocycles. The van der Waals surface area contributed by atoms with Crippen molar-refractivity contribution in [3.05, 3.63) is 76.5 Å². The second-order valence-corrected chi connectivity index (χ2v) is 9.61. The van der Waals surface area contributed by atoms with Crippen molar-refractivity contribution in [3.8, 4) is 0 Å². The summed E-state index contributed by atoms with van der Waals surface area (Å²) < 4.78 is 0. The number of nitrogens with one attached hydrogen (secondary N) is 3. The van der Waals surface area contributed by atoms with Crippen molar-refractivity contribution in [2.45, 2.75) is 44.6 Å². The zero-order valence-electron chi connectivity index (χ0n) is 18.1. The Morgan fingerprint density at radius 1 is 1.10 bits per heavy atom. The Hall–Kier alpha value is -1.90. The van der Waals surface area contributed by atoms with Crippen LogP contribution >= 0.6 is 23.2 Å². The molecule has 5 rings (SSSR count). The van der Waals surface area contributed by atoms with Gasteiger partial charge in [-0.3, -0.25) is 0 Å². The molecule has 0 aromatic heterocycles. The Kier molecular flexibility index (Phi) is 6.99. The second-order valence-electron chi connectivity index (χ2n) is 8.80. The van der Waals surface area contributed by atoms with E-state index in [0.29, 0.717) is 11.8 Å². The molecule has 5 unspecified atom stereocenters. The van der Waals surface area contributed by atoms with Gasteiger partial charge in [0, 0.05) is 33.5 Å². The summed E-state index contributed by atoms with van der Waals surface area (Å²) >= 11 is 13.3. The quantitative estimate of drug-likeness (QED) is 0.247. The van der Waals surface area contributed by atoms with E-state index >= 15 is 0 Å². The smallest absolute Gasteiger partial charge is 0.0580 e. The fourth-order valence-electron chi connectivity index (χ4n) is 5.95. The van der Waals surface area contributed by atoms with Gasteiger partial charge in [0.2, 0.25) is 0 Å². The van der Waals surface area contributed by atoms with Gasteiger partial charge in [-0.2, -0.15) is 0 Å². The third kappa shape index (κ3) is 4.25. The van der Waals surface area contributed by atoms with Crippen LogP contribution in [0.2, 0.25) is 10.0 Å². The molecule has 164 valence electrons. The summed E-state index contributed by atoms with van der Waals surface area (Å²) in [5, 5.41) is 5.38. The van der Waals surface area contributed by atoms with E-state index in [0.717, 1.165) is 46.1 Å². The first kappa shape index (κ1) is 22.3. The molecule has 2 fully saturated rings. The lowest BCUT2D eigenvalue weighted by molar-refractivity contribution is 0.248. The van der Waals surface area contributed by atoms with Crippen LogP contribution in [0.1, 0.15) is 55.7 Å². The van der Waals surface area contributed by atoms with E-state index in [2.05, 4.69) is 60.2 Å². The van der Waals surface area contributed by atoms with Crippen LogP contribution in [-0.4, -0.2) is 6.54 Å². The molecule has 3 aliphatic rings. The molecule has 2 aromatic carbocycles. The third-order valence-corrected chi connectivity index (χ3v) is 7.66. The molecule has 2 saturated carbocycles. The number of hydrogen-bond acceptors (Lipinski definition) is 3. The highest BCUT2D eigenvalue weighted by atomic mass is 35.5. The van der Waals surface area contributed by atoms with Gasteiger partial charge in [0.1, 0.15) is 0 Å². The molecule has 3 nitrogen and oxygen atoms in total. The minimum absolute atomic E-state index is 0.186. The standard InChI is InChI=1S/C23H27Cl2N3.C3H4/c1-2-10-26-28-15-8-9-19-16(12-15)20-13-6-7-14(11-13)21(20)23(27-19)22-17(24)4-3-5-18(22)25;1-3-2/h3-5,8-9,12-14,20-21,23,26-28H,2,6-7,10-11H2,1H3;1-2H2. The number of benzene rings is 2. The molecule has 31 heavy (non-hydrogen) atoms. The molecule has 0 amide bonds. The summed E-state index contributed by atoms with van der Waals surface area (Å²) in [7, 11) is 0. The van der Waals surface area contributed by atoms with Gasteiger partial charge < -0.3 is 10.7 Å². The first-order valence-corrected chi connectivity index (χ1v) is 12.0. The minimum atomic E-state index is 0.186. The normalized spacial score (nSPS) is 27.3. The summed E-state index contributed by atoms with van der Waals surface area (Å²) in [6.07, 6.45) is 5.12. The fraction of sp³-hybridized carbons (Fsp3) is 0.423. The van der Waals surface area contributed by atoms with E-state index < -0.39 is 0 Å². The van der Waals surface area contributed by atoms with Gasteiger partial charge in [-0.1, -0.05) is 49.3 Å². The summed E-state index contributed by atoms with van der Waals surface area (Å²) in [4.78, 5) is 0. The average Bonchev–Trinajstić information content (AvgIpc) is 3.37. The van der Waals surface area contributed by atoms with E-state index in [9.17, 15) is 0 Å². The highest BCUT2D eigenvalue weighted by Gasteiger charge is 2.54. The van der Waals surface area contributed by atoms with E-state index in [4.69, 9.17) is 23.2 Å². The minimum Gasteiger partial charge on any atom is -0.378 e. The number of halogens is 2. The molecule has 0 radical (unpaired) electrons. The summed E-state index contributed by atoms with van der Waals surface area (Å²) in [6.45, 7) is 9.38. The molecular formula is C26H31Cl2N3. The van der Waals surface area contributed by atoms with Crippen molar-refractivity contribution >= 4 is 34.6 Å². The monoisotopic (exact) mass is 455 g/mol. The Morgan fingerprint density at radius 3 is 2.52 bits per heavy atom. The van der Waals surface area contributed by atoms with Crippen LogP contribution < -0.4 is 16.2 Å². The van der Waals surface area contributed by atoms with Crippen molar-refractivity contribution in [1.82, 2.24) is 5.43 Å². The van der Waals surface area contributed by atoms with Crippen LogP contribution in [0.15, 0.2) is 55.3 Å². The predicted octanol–water partition coefficient (Wildman–Crippen LogP) is 7.57. The molecule has 2 aromatic rings. The van der Waals surface area contributed by atoms with Crippen LogP contribution in [0, 0.1) is 17.8 Å². The Balaban J connectivity index is 0.000000730. The average molecular weight is 456 g/mol. The molecule has 0 spiro atoms. The van der Waals surface area contributed by atoms with Gasteiger partial charge in [-0.25, -0.2) is 5.43 Å². The van der Waals surface area contributed by atoms with Crippen LogP contribution in [0.25, 0.3) is 0 Å². The zero-order chi connectivity index (χ0) is 22.0. The van der Waals surface area contributed by atoms with Gasteiger partial charge in [0.05, 0.1) is 6.04 Å². The lowest BCUT2D eigenvalue weighted by atomic mass is 9.68. The van der Waals surface area contributed by atoms with Crippen LogP contribution in [-0.2, 0) is 0 Å². The molecule has 5 heteroatoms. The SMILES string of the molecule is C=C=C.CCCNNc1ccc2c(c1)C1C3CCC(C3)C1C(c1c(Cl)cccc1Cl)N2. The van der Waals surface area contributed by atoms with Crippen molar-refractivity contribution in [3.63, 3.8) is 0 Å². The van der Waals surface area contributed by atoms with Gasteiger partial charge in [-0.05, 0) is 85.3 Å². The Labute approximate surface area is 195 Å². The molecule has 2 aliphatic carbocycles. The van der Waals surface area contributed by atoms with Gasteiger partial charge in [0.15, 0.2) is 0 Å². The van der Waals surface area contributed by atoms with Crippen molar-refractivity contribution in [1.29, 1.82) is 0 Å². The highest BCUT2D eigenvalue weighted by Crippen LogP contribution is 2.64. The number of anilines is 2. The van der Waals surface area contributed by atoms with Gasteiger partial charge in [-0.15, -0.1) is 5.73 Å².